The normalized spacial score (nSPS) is 14.8. The number of benzene rings is 1. The Morgan fingerprint density at radius 2 is 2.22 bits per heavy atom. The number of amidine groups is 1. The minimum Gasteiger partial charge on any atom is -0.302 e. The lowest BCUT2D eigenvalue weighted by Gasteiger charge is -1.99. The van der Waals surface area contributed by atoms with Crippen molar-refractivity contribution in [3.63, 3.8) is 0 Å². The summed E-state index contributed by atoms with van der Waals surface area (Å²) in [4.78, 5) is 15.8. The first kappa shape index (κ1) is 12.9. The lowest BCUT2D eigenvalue weighted by atomic mass is 10.1. The lowest BCUT2D eigenvalue weighted by molar-refractivity contribution is -0.115. The SMILES string of the molecule is CCc1ccc(C=CC(=O)NC2=NCCS2)cc1. The molecule has 2 rings (SSSR count). The van der Waals surface area contributed by atoms with E-state index in [0.717, 1.165) is 29.4 Å². The predicted octanol–water partition coefficient (Wildman–Crippen LogP) is 2.48. The summed E-state index contributed by atoms with van der Waals surface area (Å²) in [6.07, 6.45) is 4.39. The summed E-state index contributed by atoms with van der Waals surface area (Å²) < 4.78 is 0. The Balaban J connectivity index is 1.90. The third-order valence-electron chi connectivity index (χ3n) is 2.63. The number of thioether (sulfide) groups is 1. The van der Waals surface area contributed by atoms with Gasteiger partial charge in [-0.3, -0.25) is 9.79 Å². The molecule has 0 radical (unpaired) electrons. The smallest absolute Gasteiger partial charge is 0.249 e. The maximum absolute atomic E-state index is 11.6. The number of carbonyl (C=O) groups is 1. The van der Waals surface area contributed by atoms with Gasteiger partial charge in [0.15, 0.2) is 5.17 Å². The molecule has 0 atom stereocenters. The van der Waals surface area contributed by atoms with Gasteiger partial charge in [0, 0.05) is 11.8 Å². The van der Waals surface area contributed by atoms with Gasteiger partial charge in [0.1, 0.15) is 0 Å². The van der Waals surface area contributed by atoms with E-state index in [2.05, 4.69) is 29.4 Å². The van der Waals surface area contributed by atoms with Crippen LogP contribution in [0.5, 0.6) is 0 Å². The van der Waals surface area contributed by atoms with Gasteiger partial charge >= 0.3 is 0 Å². The molecule has 0 aliphatic carbocycles. The lowest BCUT2D eigenvalue weighted by Crippen LogP contribution is -2.25. The fraction of sp³-hybridized carbons (Fsp3) is 0.286. The fourth-order valence-electron chi connectivity index (χ4n) is 1.59. The Bertz CT molecular complexity index is 477. The second kappa shape index (κ2) is 6.40. The van der Waals surface area contributed by atoms with Crippen molar-refractivity contribution in [3.05, 3.63) is 41.5 Å². The van der Waals surface area contributed by atoms with E-state index in [9.17, 15) is 4.79 Å². The van der Waals surface area contributed by atoms with E-state index < -0.39 is 0 Å². The molecular weight excluding hydrogens is 244 g/mol. The van der Waals surface area contributed by atoms with Crippen LogP contribution in [0.2, 0.25) is 0 Å². The largest absolute Gasteiger partial charge is 0.302 e. The Kier molecular flexibility index (Phi) is 4.59. The van der Waals surface area contributed by atoms with E-state index in [1.807, 2.05) is 18.2 Å². The Hall–Kier alpha value is -1.55. The summed E-state index contributed by atoms with van der Waals surface area (Å²) in [6.45, 7) is 2.92. The highest BCUT2D eigenvalue weighted by molar-refractivity contribution is 8.14. The van der Waals surface area contributed by atoms with Crippen molar-refractivity contribution >= 4 is 28.9 Å². The minimum atomic E-state index is -0.122. The molecule has 1 aromatic rings. The van der Waals surface area contributed by atoms with E-state index in [-0.39, 0.29) is 5.91 Å². The van der Waals surface area contributed by atoms with E-state index >= 15 is 0 Å². The monoisotopic (exact) mass is 260 g/mol. The third kappa shape index (κ3) is 3.74. The van der Waals surface area contributed by atoms with Crippen molar-refractivity contribution in [2.45, 2.75) is 13.3 Å². The van der Waals surface area contributed by atoms with Gasteiger partial charge in [-0.25, -0.2) is 0 Å². The first-order valence-electron chi connectivity index (χ1n) is 6.03. The van der Waals surface area contributed by atoms with Crippen LogP contribution >= 0.6 is 11.8 Å². The van der Waals surface area contributed by atoms with E-state index in [4.69, 9.17) is 0 Å². The van der Waals surface area contributed by atoms with Gasteiger partial charge in [-0.2, -0.15) is 0 Å². The van der Waals surface area contributed by atoms with Crippen LogP contribution < -0.4 is 5.32 Å². The molecule has 1 aromatic carbocycles. The number of aliphatic imine (C=N–C) groups is 1. The molecule has 0 saturated carbocycles. The molecule has 0 unspecified atom stereocenters. The molecule has 0 spiro atoms. The number of carbonyl (C=O) groups excluding carboxylic acids is 1. The molecule has 1 heterocycles. The van der Waals surface area contributed by atoms with Crippen LogP contribution in [0.15, 0.2) is 35.3 Å². The standard InChI is InChI=1S/C14H16N2OS/c1-2-11-3-5-12(6-4-11)7-8-13(17)16-14-15-9-10-18-14/h3-8H,2,9-10H2,1H3,(H,15,16,17). The van der Waals surface area contributed by atoms with Crippen LogP contribution in [-0.4, -0.2) is 23.4 Å². The number of rotatable bonds is 3. The average Bonchev–Trinajstić information content (AvgIpc) is 2.90. The summed E-state index contributed by atoms with van der Waals surface area (Å²) in [5.41, 5.74) is 2.33. The molecule has 18 heavy (non-hydrogen) atoms. The van der Waals surface area contributed by atoms with E-state index in [1.165, 1.54) is 5.56 Å². The van der Waals surface area contributed by atoms with Crippen molar-refractivity contribution in [1.82, 2.24) is 5.32 Å². The van der Waals surface area contributed by atoms with Gasteiger partial charge in [0.25, 0.3) is 0 Å². The van der Waals surface area contributed by atoms with Gasteiger partial charge in [-0.05, 0) is 23.6 Å². The maximum atomic E-state index is 11.6. The van der Waals surface area contributed by atoms with Gasteiger partial charge in [-0.15, -0.1) is 0 Å². The van der Waals surface area contributed by atoms with E-state index in [1.54, 1.807) is 17.8 Å². The van der Waals surface area contributed by atoms with Crippen molar-refractivity contribution < 1.29 is 4.79 Å². The number of hydrogen-bond acceptors (Lipinski definition) is 3. The quantitative estimate of drug-likeness (QED) is 0.848. The first-order valence-corrected chi connectivity index (χ1v) is 7.02. The third-order valence-corrected chi connectivity index (χ3v) is 3.52. The second-order valence-corrected chi connectivity index (χ2v) is 5.04. The number of nitrogens with zero attached hydrogens (tertiary/aromatic N) is 1. The Labute approximate surface area is 111 Å². The van der Waals surface area contributed by atoms with Crippen LogP contribution in [0.3, 0.4) is 0 Å². The van der Waals surface area contributed by atoms with Crippen LogP contribution in [-0.2, 0) is 11.2 Å². The molecule has 4 heteroatoms. The zero-order chi connectivity index (χ0) is 12.8. The number of amides is 1. The Morgan fingerprint density at radius 3 is 2.83 bits per heavy atom. The number of aryl methyl sites for hydroxylation is 1. The molecule has 1 aliphatic rings. The Morgan fingerprint density at radius 1 is 1.44 bits per heavy atom. The highest BCUT2D eigenvalue weighted by atomic mass is 32.2. The van der Waals surface area contributed by atoms with Gasteiger partial charge in [0.05, 0.1) is 6.54 Å². The van der Waals surface area contributed by atoms with Gasteiger partial charge < -0.3 is 5.32 Å². The van der Waals surface area contributed by atoms with Gasteiger partial charge in [-0.1, -0.05) is 43.0 Å². The molecule has 0 saturated heterocycles. The summed E-state index contributed by atoms with van der Waals surface area (Å²) in [6, 6.07) is 8.19. The average molecular weight is 260 g/mol. The molecule has 1 N–H and O–H groups in total. The number of nitrogens with one attached hydrogen (secondary N) is 1. The molecule has 0 aromatic heterocycles. The molecule has 1 aliphatic heterocycles. The van der Waals surface area contributed by atoms with Crippen molar-refractivity contribution in [2.75, 3.05) is 12.3 Å². The molecule has 3 nitrogen and oxygen atoms in total. The minimum absolute atomic E-state index is 0.122. The van der Waals surface area contributed by atoms with Crippen molar-refractivity contribution in [2.24, 2.45) is 4.99 Å². The summed E-state index contributed by atoms with van der Waals surface area (Å²) in [5, 5.41) is 3.49. The first-order chi connectivity index (χ1) is 8.78. The highest BCUT2D eigenvalue weighted by Gasteiger charge is 2.08. The summed E-state index contributed by atoms with van der Waals surface area (Å²) >= 11 is 1.58. The van der Waals surface area contributed by atoms with Gasteiger partial charge in [0.2, 0.25) is 5.91 Å². The number of hydrogen-bond donors (Lipinski definition) is 1. The fourth-order valence-corrected chi connectivity index (χ4v) is 2.33. The van der Waals surface area contributed by atoms with Crippen molar-refractivity contribution in [1.29, 1.82) is 0 Å². The maximum Gasteiger partial charge on any atom is 0.249 e. The molecule has 94 valence electrons. The molecule has 1 amide bonds. The molecule has 0 fully saturated rings. The van der Waals surface area contributed by atoms with Crippen molar-refractivity contribution in [3.8, 4) is 0 Å². The van der Waals surface area contributed by atoms with Crippen LogP contribution in [0.4, 0.5) is 0 Å². The molecular formula is C14H16N2OS. The summed E-state index contributed by atoms with van der Waals surface area (Å²) in [5.74, 6) is 0.834. The van der Waals surface area contributed by atoms with Crippen LogP contribution in [0.25, 0.3) is 6.08 Å². The molecule has 0 bridgehead atoms. The predicted molar refractivity (Wildman–Crippen MR) is 77.8 cm³/mol. The topological polar surface area (TPSA) is 41.5 Å². The summed E-state index contributed by atoms with van der Waals surface area (Å²) in [7, 11) is 0. The zero-order valence-electron chi connectivity index (χ0n) is 10.3. The highest BCUT2D eigenvalue weighted by Crippen LogP contribution is 2.09. The van der Waals surface area contributed by atoms with Crippen LogP contribution in [0, 0.1) is 0 Å². The van der Waals surface area contributed by atoms with E-state index in [0.29, 0.717) is 0 Å². The second-order valence-electron chi connectivity index (χ2n) is 3.95. The zero-order valence-corrected chi connectivity index (χ0v) is 11.2. The van der Waals surface area contributed by atoms with Crippen LogP contribution in [0.1, 0.15) is 18.1 Å².